The summed E-state index contributed by atoms with van der Waals surface area (Å²) in [6.07, 6.45) is 0. The van der Waals surface area contributed by atoms with E-state index in [2.05, 4.69) is 0 Å². The SMILES string of the molecule is Cc1cc(C)c(C(=O)c2ccccc2O[PH](=O)[O-])c(C)c1.[Na+]. The van der Waals surface area contributed by atoms with Crippen molar-refractivity contribution in [2.75, 3.05) is 0 Å². The van der Waals surface area contributed by atoms with Gasteiger partial charge < -0.3 is 9.42 Å². The van der Waals surface area contributed by atoms with Crippen LogP contribution in [0.2, 0.25) is 0 Å². The fourth-order valence-electron chi connectivity index (χ4n) is 2.51. The van der Waals surface area contributed by atoms with Crippen LogP contribution in [-0.2, 0) is 4.57 Å². The molecule has 22 heavy (non-hydrogen) atoms. The van der Waals surface area contributed by atoms with E-state index in [0.717, 1.165) is 16.7 Å². The van der Waals surface area contributed by atoms with E-state index < -0.39 is 8.25 Å². The Morgan fingerprint density at radius 3 is 2.18 bits per heavy atom. The number of rotatable bonds is 4. The van der Waals surface area contributed by atoms with Gasteiger partial charge in [0.2, 0.25) is 0 Å². The van der Waals surface area contributed by atoms with Gasteiger partial charge in [0.1, 0.15) is 5.75 Å². The number of carbonyl (C=O) groups excluding carboxylic acids is 1. The molecule has 1 unspecified atom stereocenters. The second kappa shape index (κ2) is 8.09. The van der Waals surface area contributed by atoms with Crippen LogP contribution in [0.5, 0.6) is 5.75 Å². The smallest absolute Gasteiger partial charge is 0.771 e. The zero-order valence-electron chi connectivity index (χ0n) is 13.1. The van der Waals surface area contributed by atoms with Crippen LogP contribution in [0.3, 0.4) is 0 Å². The van der Waals surface area contributed by atoms with Gasteiger partial charge in [0.05, 0.1) is 5.56 Å². The summed E-state index contributed by atoms with van der Waals surface area (Å²) in [6, 6.07) is 10.2. The molecule has 0 heterocycles. The van der Waals surface area contributed by atoms with E-state index in [1.165, 1.54) is 6.07 Å². The Morgan fingerprint density at radius 2 is 1.64 bits per heavy atom. The van der Waals surface area contributed by atoms with Gasteiger partial charge in [0.25, 0.3) is 0 Å². The van der Waals surface area contributed by atoms with E-state index in [1.807, 2.05) is 32.9 Å². The van der Waals surface area contributed by atoms with Crippen molar-refractivity contribution >= 4 is 14.0 Å². The summed E-state index contributed by atoms with van der Waals surface area (Å²) in [4.78, 5) is 23.5. The molecule has 6 heteroatoms. The minimum Gasteiger partial charge on any atom is -0.771 e. The predicted molar refractivity (Wildman–Crippen MR) is 80.2 cm³/mol. The molecule has 0 bridgehead atoms. The Bertz CT molecular complexity index is 705. The average Bonchev–Trinajstić information content (AvgIpc) is 2.37. The summed E-state index contributed by atoms with van der Waals surface area (Å²) in [6.45, 7) is 5.70. The third-order valence-corrected chi connectivity index (χ3v) is 3.62. The van der Waals surface area contributed by atoms with E-state index in [0.29, 0.717) is 5.56 Å². The second-order valence-corrected chi connectivity index (χ2v) is 5.66. The summed E-state index contributed by atoms with van der Waals surface area (Å²) in [5, 5.41) is 0. The molecule has 2 aromatic carbocycles. The van der Waals surface area contributed by atoms with Gasteiger partial charge in [0.15, 0.2) is 14.0 Å². The number of aryl methyl sites for hydroxylation is 3. The van der Waals surface area contributed by atoms with Crippen molar-refractivity contribution in [1.29, 1.82) is 0 Å². The predicted octanol–water partition coefficient (Wildman–Crippen LogP) is -0.0243. The molecule has 2 aromatic rings. The number of benzene rings is 2. The van der Waals surface area contributed by atoms with Crippen molar-refractivity contribution in [2.45, 2.75) is 20.8 Å². The summed E-state index contributed by atoms with van der Waals surface area (Å²) in [5.74, 6) is -0.162. The Kier molecular flexibility index (Phi) is 7.04. The summed E-state index contributed by atoms with van der Waals surface area (Å²) < 4.78 is 15.6. The molecular weight excluding hydrogens is 310 g/mol. The molecule has 0 fully saturated rings. The Labute approximate surface area is 152 Å². The van der Waals surface area contributed by atoms with Crippen molar-refractivity contribution < 1.29 is 48.3 Å². The third-order valence-electron chi connectivity index (χ3n) is 3.23. The topological polar surface area (TPSA) is 66.4 Å². The van der Waals surface area contributed by atoms with Gasteiger partial charge in [-0.2, -0.15) is 0 Å². The van der Waals surface area contributed by atoms with Crippen LogP contribution in [0, 0.1) is 20.8 Å². The minimum absolute atomic E-state index is 0. The van der Waals surface area contributed by atoms with Crippen LogP contribution in [-0.4, -0.2) is 5.78 Å². The van der Waals surface area contributed by atoms with Gasteiger partial charge >= 0.3 is 29.6 Å². The van der Waals surface area contributed by atoms with Crippen LogP contribution in [0.25, 0.3) is 0 Å². The van der Waals surface area contributed by atoms with Crippen LogP contribution >= 0.6 is 8.25 Å². The van der Waals surface area contributed by atoms with Gasteiger partial charge in [-0.1, -0.05) is 29.8 Å². The van der Waals surface area contributed by atoms with Crippen LogP contribution in [0.15, 0.2) is 36.4 Å². The molecule has 0 spiro atoms. The number of para-hydroxylation sites is 1. The number of hydrogen-bond acceptors (Lipinski definition) is 4. The first-order valence-electron chi connectivity index (χ1n) is 6.50. The first-order chi connectivity index (χ1) is 9.90. The minimum atomic E-state index is -3.40. The van der Waals surface area contributed by atoms with Gasteiger partial charge in [-0.25, -0.2) is 0 Å². The average molecular weight is 326 g/mol. The maximum atomic E-state index is 12.7. The molecular formula is C16H16NaO4P. The van der Waals surface area contributed by atoms with Gasteiger partial charge in [-0.05, 0) is 44.0 Å². The maximum Gasteiger partial charge on any atom is 1.00 e. The molecule has 0 aliphatic rings. The van der Waals surface area contributed by atoms with Crippen molar-refractivity contribution in [3.05, 3.63) is 64.2 Å². The first-order valence-corrected chi connectivity index (χ1v) is 7.73. The molecule has 0 saturated heterocycles. The molecule has 0 saturated carbocycles. The van der Waals surface area contributed by atoms with Crippen LogP contribution in [0.4, 0.5) is 0 Å². The first kappa shape index (κ1) is 19.1. The molecule has 110 valence electrons. The monoisotopic (exact) mass is 326 g/mol. The number of hydrogen-bond donors (Lipinski definition) is 0. The maximum absolute atomic E-state index is 12.7. The van der Waals surface area contributed by atoms with Crippen LogP contribution < -0.4 is 39.0 Å². The molecule has 0 N–H and O–H groups in total. The van der Waals surface area contributed by atoms with E-state index in [4.69, 9.17) is 4.52 Å². The largest absolute Gasteiger partial charge is 1.00 e. The standard InChI is InChI=1S/C16H17O4P.Na/c1-10-8-11(2)15(12(3)9-10)16(17)13-6-4-5-7-14(13)20-21(18)19;/h4-9,21H,1-3H3,(H,18,19);/q;+1/p-1. The molecule has 2 rings (SSSR count). The number of carbonyl (C=O) groups is 1. The van der Waals surface area contributed by atoms with Gasteiger partial charge in [-0.15, -0.1) is 0 Å². The van der Waals surface area contributed by atoms with Crippen molar-refractivity contribution in [3.63, 3.8) is 0 Å². The molecule has 0 aromatic heterocycles. The third kappa shape index (κ3) is 4.31. The summed E-state index contributed by atoms with van der Waals surface area (Å²) in [5.41, 5.74) is 3.64. The molecule has 0 aliphatic carbocycles. The van der Waals surface area contributed by atoms with E-state index in [9.17, 15) is 14.3 Å². The van der Waals surface area contributed by atoms with Crippen LogP contribution in [0.1, 0.15) is 32.6 Å². The number of ketones is 1. The Morgan fingerprint density at radius 1 is 1.09 bits per heavy atom. The Hall–Kier alpha value is -0.900. The van der Waals surface area contributed by atoms with Crippen molar-refractivity contribution in [1.82, 2.24) is 0 Å². The quantitative estimate of drug-likeness (QED) is 0.450. The van der Waals surface area contributed by atoms with E-state index in [-0.39, 0.29) is 46.7 Å². The van der Waals surface area contributed by atoms with E-state index >= 15 is 0 Å². The fourth-order valence-corrected chi connectivity index (χ4v) is 2.86. The Balaban J connectivity index is 0.00000242. The normalized spacial score (nSPS) is 11.5. The summed E-state index contributed by atoms with van der Waals surface area (Å²) >= 11 is 0. The van der Waals surface area contributed by atoms with Crippen molar-refractivity contribution in [3.8, 4) is 5.75 Å². The zero-order valence-corrected chi connectivity index (χ0v) is 16.1. The molecule has 0 aliphatic heterocycles. The van der Waals surface area contributed by atoms with Crippen molar-refractivity contribution in [2.24, 2.45) is 0 Å². The zero-order chi connectivity index (χ0) is 15.6. The van der Waals surface area contributed by atoms with Gasteiger partial charge in [-0.3, -0.25) is 9.36 Å². The van der Waals surface area contributed by atoms with E-state index in [1.54, 1.807) is 18.2 Å². The van der Waals surface area contributed by atoms with Gasteiger partial charge in [0, 0.05) is 5.56 Å². The molecule has 0 amide bonds. The fraction of sp³-hybridized carbons (Fsp3) is 0.188. The molecule has 4 nitrogen and oxygen atoms in total. The summed E-state index contributed by atoms with van der Waals surface area (Å²) in [7, 11) is -3.40. The second-order valence-electron chi connectivity index (χ2n) is 4.95. The molecule has 0 radical (unpaired) electrons. The molecule has 1 atom stereocenters.